The van der Waals surface area contributed by atoms with Gasteiger partial charge >= 0.3 is 5.97 Å². The highest BCUT2D eigenvalue weighted by Crippen LogP contribution is 2.15. The van der Waals surface area contributed by atoms with Gasteiger partial charge in [0, 0.05) is 12.3 Å². The lowest BCUT2D eigenvalue weighted by Crippen LogP contribution is -2.01. The molecule has 0 heterocycles. The van der Waals surface area contributed by atoms with Crippen LogP contribution in [0.3, 0.4) is 0 Å². The standard InChI is InChI=1S/C13H25ClO2/c1-3-4-9-13(14)10-7-5-6-8-11-16-12(2)15/h13H,3-11H2,1-2H3. The van der Waals surface area contributed by atoms with Crippen molar-refractivity contribution in [2.45, 2.75) is 70.6 Å². The van der Waals surface area contributed by atoms with Gasteiger partial charge in [-0.3, -0.25) is 4.79 Å². The molecule has 0 amide bonds. The summed E-state index contributed by atoms with van der Waals surface area (Å²) in [7, 11) is 0. The quantitative estimate of drug-likeness (QED) is 0.327. The Labute approximate surface area is 105 Å². The Morgan fingerprint density at radius 2 is 1.75 bits per heavy atom. The summed E-state index contributed by atoms with van der Waals surface area (Å²) in [6.45, 7) is 4.21. The maximum Gasteiger partial charge on any atom is 0.302 e. The number of rotatable bonds is 10. The fourth-order valence-electron chi connectivity index (χ4n) is 1.61. The smallest absolute Gasteiger partial charge is 0.302 e. The van der Waals surface area contributed by atoms with Crippen LogP contribution in [-0.4, -0.2) is 18.0 Å². The molecule has 0 spiro atoms. The molecule has 0 saturated heterocycles. The van der Waals surface area contributed by atoms with Gasteiger partial charge in [0.15, 0.2) is 0 Å². The Morgan fingerprint density at radius 3 is 2.38 bits per heavy atom. The molecule has 0 aromatic heterocycles. The summed E-state index contributed by atoms with van der Waals surface area (Å²) in [4.78, 5) is 10.5. The Kier molecular flexibility index (Phi) is 11.1. The summed E-state index contributed by atoms with van der Waals surface area (Å²) < 4.78 is 4.86. The van der Waals surface area contributed by atoms with E-state index in [-0.39, 0.29) is 5.97 Å². The minimum Gasteiger partial charge on any atom is -0.466 e. The number of esters is 1. The van der Waals surface area contributed by atoms with Crippen molar-refractivity contribution in [3.63, 3.8) is 0 Å². The normalized spacial score (nSPS) is 12.4. The van der Waals surface area contributed by atoms with Gasteiger partial charge in [-0.2, -0.15) is 0 Å². The first-order valence-electron chi connectivity index (χ1n) is 6.44. The van der Waals surface area contributed by atoms with Crippen LogP contribution in [-0.2, 0) is 9.53 Å². The number of hydrogen-bond donors (Lipinski definition) is 0. The number of ether oxygens (including phenoxy) is 1. The van der Waals surface area contributed by atoms with E-state index in [0.29, 0.717) is 12.0 Å². The Balaban J connectivity index is 3.11. The molecule has 0 aromatic rings. The van der Waals surface area contributed by atoms with Crippen LogP contribution in [0.25, 0.3) is 0 Å². The maximum atomic E-state index is 10.5. The molecule has 0 bridgehead atoms. The van der Waals surface area contributed by atoms with Crippen LogP contribution < -0.4 is 0 Å². The third-order valence-electron chi connectivity index (χ3n) is 2.59. The molecule has 0 fully saturated rings. The van der Waals surface area contributed by atoms with Crippen LogP contribution in [0, 0.1) is 0 Å². The van der Waals surface area contributed by atoms with Gasteiger partial charge in [-0.05, 0) is 19.3 Å². The van der Waals surface area contributed by atoms with Gasteiger partial charge in [-0.1, -0.05) is 39.0 Å². The van der Waals surface area contributed by atoms with E-state index in [4.69, 9.17) is 16.3 Å². The summed E-state index contributed by atoms with van der Waals surface area (Å²) in [5, 5.41) is 0.355. The number of alkyl halides is 1. The first-order chi connectivity index (χ1) is 7.66. The zero-order valence-corrected chi connectivity index (χ0v) is 11.4. The third-order valence-corrected chi connectivity index (χ3v) is 3.02. The van der Waals surface area contributed by atoms with E-state index in [1.165, 1.54) is 32.6 Å². The second-order valence-electron chi connectivity index (χ2n) is 4.28. The molecule has 96 valence electrons. The molecule has 1 unspecified atom stereocenters. The van der Waals surface area contributed by atoms with Crippen molar-refractivity contribution in [3.05, 3.63) is 0 Å². The van der Waals surface area contributed by atoms with Gasteiger partial charge in [0.1, 0.15) is 0 Å². The summed E-state index contributed by atoms with van der Waals surface area (Å²) in [6.07, 6.45) is 9.22. The van der Waals surface area contributed by atoms with Crippen molar-refractivity contribution in [3.8, 4) is 0 Å². The molecular formula is C13H25ClO2. The van der Waals surface area contributed by atoms with Gasteiger partial charge in [-0.25, -0.2) is 0 Å². The lowest BCUT2D eigenvalue weighted by atomic mass is 10.1. The molecule has 0 aliphatic heterocycles. The molecule has 0 aliphatic rings. The van der Waals surface area contributed by atoms with Crippen molar-refractivity contribution in [2.75, 3.05) is 6.61 Å². The second-order valence-corrected chi connectivity index (χ2v) is 4.90. The summed E-state index contributed by atoms with van der Waals surface area (Å²) in [5.74, 6) is -0.180. The molecule has 3 heteroatoms. The van der Waals surface area contributed by atoms with Crippen LogP contribution in [0.5, 0.6) is 0 Å². The number of halogens is 1. The van der Waals surface area contributed by atoms with Crippen molar-refractivity contribution in [2.24, 2.45) is 0 Å². The van der Waals surface area contributed by atoms with E-state index in [9.17, 15) is 4.79 Å². The fraction of sp³-hybridized carbons (Fsp3) is 0.923. The number of hydrogen-bond acceptors (Lipinski definition) is 2. The molecule has 0 N–H and O–H groups in total. The van der Waals surface area contributed by atoms with Gasteiger partial charge in [0.25, 0.3) is 0 Å². The average molecular weight is 249 g/mol. The zero-order chi connectivity index (χ0) is 12.2. The van der Waals surface area contributed by atoms with Gasteiger partial charge in [0.05, 0.1) is 6.61 Å². The molecule has 2 nitrogen and oxygen atoms in total. The molecule has 0 aliphatic carbocycles. The molecule has 1 atom stereocenters. The topological polar surface area (TPSA) is 26.3 Å². The molecule has 0 saturated carbocycles. The van der Waals surface area contributed by atoms with Crippen molar-refractivity contribution < 1.29 is 9.53 Å². The highest BCUT2D eigenvalue weighted by Gasteiger charge is 2.03. The van der Waals surface area contributed by atoms with Gasteiger partial charge < -0.3 is 4.74 Å². The summed E-state index contributed by atoms with van der Waals surface area (Å²) in [5.41, 5.74) is 0. The maximum absolute atomic E-state index is 10.5. The fourth-order valence-corrected chi connectivity index (χ4v) is 1.92. The summed E-state index contributed by atoms with van der Waals surface area (Å²) >= 11 is 6.17. The largest absolute Gasteiger partial charge is 0.466 e. The highest BCUT2D eigenvalue weighted by molar-refractivity contribution is 6.20. The Morgan fingerprint density at radius 1 is 1.12 bits per heavy atom. The zero-order valence-electron chi connectivity index (χ0n) is 10.6. The van der Waals surface area contributed by atoms with Crippen molar-refractivity contribution in [1.29, 1.82) is 0 Å². The Bertz CT molecular complexity index is 171. The van der Waals surface area contributed by atoms with Gasteiger partial charge in [0.2, 0.25) is 0 Å². The van der Waals surface area contributed by atoms with E-state index in [1.807, 2.05) is 0 Å². The second kappa shape index (κ2) is 11.3. The van der Waals surface area contributed by atoms with E-state index < -0.39 is 0 Å². The molecule has 0 radical (unpaired) electrons. The number of unbranched alkanes of at least 4 members (excludes halogenated alkanes) is 4. The molecular weight excluding hydrogens is 224 g/mol. The molecule has 16 heavy (non-hydrogen) atoms. The molecule has 0 rings (SSSR count). The minimum atomic E-state index is -0.180. The van der Waals surface area contributed by atoms with Crippen LogP contribution >= 0.6 is 11.6 Å². The molecule has 0 aromatic carbocycles. The monoisotopic (exact) mass is 248 g/mol. The first-order valence-corrected chi connectivity index (χ1v) is 6.88. The van der Waals surface area contributed by atoms with Crippen molar-refractivity contribution in [1.82, 2.24) is 0 Å². The van der Waals surface area contributed by atoms with Crippen LogP contribution in [0.15, 0.2) is 0 Å². The van der Waals surface area contributed by atoms with Crippen molar-refractivity contribution >= 4 is 17.6 Å². The van der Waals surface area contributed by atoms with E-state index in [1.54, 1.807) is 0 Å². The summed E-state index contributed by atoms with van der Waals surface area (Å²) in [6, 6.07) is 0. The first kappa shape index (κ1) is 15.8. The SMILES string of the molecule is CCCCC(Cl)CCCCCCOC(C)=O. The van der Waals surface area contributed by atoms with Crippen LogP contribution in [0.1, 0.15) is 65.2 Å². The number of carbonyl (C=O) groups excluding carboxylic acids is 1. The lowest BCUT2D eigenvalue weighted by molar-refractivity contribution is -0.141. The predicted octanol–water partition coefficient (Wildman–Crippen LogP) is 4.30. The highest BCUT2D eigenvalue weighted by atomic mass is 35.5. The predicted molar refractivity (Wildman–Crippen MR) is 68.9 cm³/mol. The van der Waals surface area contributed by atoms with Gasteiger partial charge in [-0.15, -0.1) is 11.6 Å². The van der Waals surface area contributed by atoms with E-state index in [0.717, 1.165) is 25.7 Å². The number of carbonyl (C=O) groups is 1. The van der Waals surface area contributed by atoms with Crippen LogP contribution in [0.2, 0.25) is 0 Å². The average Bonchev–Trinajstić information content (AvgIpc) is 2.24. The Hall–Kier alpha value is -0.240. The van der Waals surface area contributed by atoms with E-state index >= 15 is 0 Å². The van der Waals surface area contributed by atoms with E-state index in [2.05, 4.69) is 6.92 Å². The van der Waals surface area contributed by atoms with Crippen LogP contribution in [0.4, 0.5) is 0 Å². The third kappa shape index (κ3) is 11.8. The minimum absolute atomic E-state index is 0.180. The lowest BCUT2D eigenvalue weighted by Gasteiger charge is -2.08.